The smallest absolute Gasteiger partial charge is 0.250 e. The highest BCUT2D eigenvalue weighted by Crippen LogP contribution is 2.30. The van der Waals surface area contributed by atoms with Crippen molar-refractivity contribution in [1.29, 1.82) is 0 Å². The van der Waals surface area contributed by atoms with Crippen LogP contribution < -0.4 is 4.74 Å². The third-order valence-electron chi connectivity index (χ3n) is 6.14. The van der Waals surface area contributed by atoms with Gasteiger partial charge in [0.05, 0.1) is 5.60 Å². The molecule has 2 saturated heterocycles. The van der Waals surface area contributed by atoms with Crippen LogP contribution in [0.1, 0.15) is 30.7 Å². The zero-order chi connectivity index (χ0) is 21.2. The highest BCUT2D eigenvalue weighted by molar-refractivity contribution is 5.27. The Morgan fingerprint density at radius 2 is 1.77 bits per heavy atom. The molecule has 0 amide bonds. The number of benzene rings is 1. The Morgan fingerprint density at radius 1 is 1.07 bits per heavy atom. The van der Waals surface area contributed by atoms with E-state index in [1.807, 2.05) is 47.0 Å². The second-order valence-electron chi connectivity index (χ2n) is 8.70. The summed E-state index contributed by atoms with van der Waals surface area (Å²) in [5.74, 6) is -0.886. The zero-order valence-corrected chi connectivity index (χ0v) is 17.4. The van der Waals surface area contributed by atoms with Crippen LogP contribution in [0.15, 0.2) is 36.7 Å². The lowest BCUT2D eigenvalue weighted by molar-refractivity contribution is -0.0724. The molecule has 164 valence electrons. The van der Waals surface area contributed by atoms with Crippen molar-refractivity contribution >= 4 is 0 Å². The second kappa shape index (κ2) is 8.61. The first-order valence-electron chi connectivity index (χ1n) is 10.5. The number of aromatic nitrogens is 2. The largest absolute Gasteiger partial charge is 0.486 e. The fraction of sp³-hybridized carbons (Fsp3) is 0.591. The van der Waals surface area contributed by atoms with Crippen molar-refractivity contribution < 1.29 is 18.6 Å². The van der Waals surface area contributed by atoms with Crippen LogP contribution in [-0.4, -0.2) is 68.7 Å². The molecule has 2 fully saturated rings. The van der Waals surface area contributed by atoms with Crippen LogP contribution in [0.3, 0.4) is 0 Å². The van der Waals surface area contributed by atoms with Gasteiger partial charge in [0.2, 0.25) is 0 Å². The summed E-state index contributed by atoms with van der Waals surface area (Å²) in [7, 11) is 1.94. The van der Waals surface area contributed by atoms with Crippen molar-refractivity contribution in [2.75, 3.05) is 32.7 Å². The molecule has 0 spiro atoms. The molecule has 3 heterocycles. The predicted octanol–water partition coefficient (Wildman–Crippen LogP) is 2.67. The lowest BCUT2D eigenvalue weighted by atomic mass is 10.00. The number of aliphatic hydroxyl groups is 1. The number of aryl methyl sites for hydroxylation is 1. The molecular weight excluding hydrogens is 390 g/mol. The van der Waals surface area contributed by atoms with Crippen molar-refractivity contribution in [3.8, 4) is 5.75 Å². The Hall–Kier alpha value is -2.03. The molecule has 1 aromatic heterocycles. The number of ether oxygens (including phenoxy) is 1. The lowest BCUT2D eigenvalue weighted by Crippen LogP contribution is -2.49. The van der Waals surface area contributed by atoms with E-state index in [2.05, 4.69) is 9.88 Å². The average molecular weight is 421 g/mol. The number of hydrogen-bond donors (Lipinski definition) is 1. The third-order valence-corrected chi connectivity index (χ3v) is 6.14. The van der Waals surface area contributed by atoms with E-state index in [1.54, 1.807) is 6.20 Å². The van der Waals surface area contributed by atoms with Gasteiger partial charge in [-0.1, -0.05) is 12.1 Å². The first-order valence-corrected chi connectivity index (χ1v) is 10.5. The Morgan fingerprint density at radius 3 is 2.43 bits per heavy atom. The standard InChI is InChI=1S/C22H30F2N4O2/c1-26-13-9-25-20(26)15-30-19-4-2-18(3-5-19)14-28-10-6-21(29,17-28)16-27-11-7-22(23,24)8-12-27/h2-5,9,13,29H,6-8,10-12,14-17H2,1H3/t21-/m0/s1. The Labute approximate surface area is 176 Å². The summed E-state index contributed by atoms with van der Waals surface area (Å²) in [5, 5.41) is 11.0. The van der Waals surface area contributed by atoms with Gasteiger partial charge in [-0.05, 0) is 24.1 Å². The van der Waals surface area contributed by atoms with E-state index in [-0.39, 0.29) is 12.8 Å². The highest BCUT2D eigenvalue weighted by atomic mass is 19.3. The van der Waals surface area contributed by atoms with Crippen LogP contribution in [0.25, 0.3) is 0 Å². The summed E-state index contributed by atoms with van der Waals surface area (Å²) in [4.78, 5) is 8.45. The topological polar surface area (TPSA) is 53.8 Å². The van der Waals surface area contributed by atoms with Crippen LogP contribution >= 0.6 is 0 Å². The quantitative estimate of drug-likeness (QED) is 0.747. The van der Waals surface area contributed by atoms with E-state index in [0.717, 1.165) is 30.2 Å². The molecule has 0 aliphatic carbocycles. The number of hydrogen-bond acceptors (Lipinski definition) is 5. The third kappa shape index (κ3) is 5.36. The van der Waals surface area contributed by atoms with E-state index in [4.69, 9.17) is 4.74 Å². The number of imidazole rings is 1. The van der Waals surface area contributed by atoms with Crippen molar-refractivity contribution in [3.63, 3.8) is 0 Å². The van der Waals surface area contributed by atoms with Gasteiger partial charge in [0.15, 0.2) is 0 Å². The first-order chi connectivity index (χ1) is 14.3. The SMILES string of the molecule is Cn1ccnc1COc1ccc(CN2CC[C@](O)(CN3CCC(F)(F)CC3)C2)cc1. The monoisotopic (exact) mass is 420 g/mol. The molecule has 0 radical (unpaired) electrons. The van der Waals surface area contributed by atoms with E-state index < -0.39 is 11.5 Å². The minimum absolute atomic E-state index is 0.110. The number of β-amino-alcohol motifs (C(OH)–C–C–N with tert-alkyl or cyclic N) is 1. The van der Waals surface area contributed by atoms with Crippen molar-refractivity contribution in [1.82, 2.24) is 19.4 Å². The maximum absolute atomic E-state index is 13.3. The Bertz CT molecular complexity index is 832. The van der Waals surface area contributed by atoms with Crippen LogP contribution in [0.2, 0.25) is 0 Å². The number of piperidine rings is 1. The zero-order valence-electron chi connectivity index (χ0n) is 17.4. The molecule has 30 heavy (non-hydrogen) atoms. The number of rotatable bonds is 7. The summed E-state index contributed by atoms with van der Waals surface area (Å²) >= 11 is 0. The first kappa shape index (κ1) is 21.2. The number of nitrogens with zero attached hydrogens (tertiary/aromatic N) is 4. The fourth-order valence-corrected chi connectivity index (χ4v) is 4.29. The summed E-state index contributed by atoms with van der Waals surface area (Å²) in [6.45, 7) is 3.73. The molecule has 0 bridgehead atoms. The van der Waals surface area contributed by atoms with Crippen LogP contribution in [0.4, 0.5) is 8.78 Å². The normalized spacial score (nSPS) is 24.9. The molecule has 1 N–H and O–H groups in total. The molecule has 0 saturated carbocycles. The molecule has 1 atom stereocenters. The molecule has 4 rings (SSSR count). The van der Waals surface area contributed by atoms with Gasteiger partial charge in [0, 0.05) is 71.6 Å². The van der Waals surface area contributed by atoms with Gasteiger partial charge >= 0.3 is 0 Å². The molecular formula is C22H30F2N4O2. The Balaban J connectivity index is 1.24. The molecule has 6 nitrogen and oxygen atoms in total. The van der Waals surface area contributed by atoms with Gasteiger partial charge in [-0.2, -0.15) is 0 Å². The summed E-state index contributed by atoms with van der Waals surface area (Å²) in [6.07, 6.45) is 4.09. The molecule has 2 aliphatic rings. The minimum Gasteiger partial charge on any atom is -0.486 e. The number of likely N-dealkylation sites (tertiary alicyclic amines) is 2. The highest BCUT2D eigenvalue weighted by Gasteiger charge is 2.40. The van der Waals surface area contributed by atoms with E-state index in [9.17, 15) is 13.9 Å². The summed E-state index contributed by atoms with van der Waals surface area (Å²) < 4.78 is 34.4. The fourth-order valence-electron chi connectivity index (χ4n) is 4.29. The lowest BCUT2D eigenvalue weighted by Gasteiger charge is -2.36. The Kier molecular flexibility index (Phi) is 6.09. The number of halogens is 2. The van der Waals surface area contributed by atoms with Gasteiger partial charge in [-0.3, -0.25) is 9.80 Å². The van der Waals surface area contributed by atoms with E-state index in [0.29, 0.717) is 39.2 Å². The van der Waals surface area contributed by atoms with Crippen LogP contribution in [0.5, 0.6) is 5.75 Å². The number of alkyl halides is 2. The van der Waals surface area contributed by atoms with Crippen molar-refractivity contribution in [2.45, 2.75) is 43.9 Å². The maximum atomic E-state index is 13.3. The maximum Gasteiger partial charge on any atom is 0.250 e. The van der Waals surface area contributed by atoms with Crippen molar-refractivity contribution in [3.05, 3.63) is 48.0 Å². The van der Waals surface area contributed by atoms with Gasteiger partial charge in [0.1, 0.15) is 18.2 Å². The second-order valence-corrected chi connectivity index (χ2v) is 8.70. The molecule has 0 unspecified atom stereocenters. The van der Waals surface area contributed by atoms with Gasteiger partial charge < -0.3 is 14.4 Å². The van der Waals surface area contributed by atoms with Crippen LogP contribution in [-0.2, 0) is 20.2 Å². The van der Waals surface area contributed by atoms with E-state index in [1.165, 1.54) is 0 Å². The predicted molar refractivity (Wildman–Crippen MR) is 109 cm³/mol. The van der Waals surface area contributed by atoms with Gasteiger partial charge in [-0.15, -0.1) is 0 Å². The molecule has 2 aromatic rings. The van der Waals surface area contributed by atoms with Gasteiger partial charge in [0.25, 0.3) is 5.92 Å². The molecule has 8 heteroatoms. The van der Waals surface area contributed by atoms with Gasteiger partial charge in [-0.25, -0.2) is 13.8 Å². The molecule has 1 aromatic carbocycles. The van der Waals surface area contributed by atoms with E-state index >= 15 is 0 Å². The van der Waals surface area contributed by atoms with Crippen molar-refractivity contribution in [2.24, 2.45) is 7.05 Å². The molecule has 2 aliphatic heterocycles. The summed E-state index contributed by atoms with van der Waals surface area (Å²) in [5.41, 5.74) is 0.332. The average Bonchev–Trinajstić information content (AvgIpc) is 3.28. The minimum atomic E-state index is -2.55. The summed E-state index contributed by atoms with van der Waals surface area (Å²) in [6, 6.07) is 7.98. The van der Waals surface area contributed by atoms with Crippen LogP contribution in [0, 0.1) is 0 Å².